The number of amides is 2. The first-order valence-corrected chi connectivity index (χ1v) is 9.28. The molecule has 6 nitrogen and oxygen atoms in total. The summed E-state index contributed by atoms with van der Waals surface area (Å²) in [5.74, 6) is 2.24. The number of nitrogens with one attached hydrogen (secondary N) is 1. The highest BCUT2D eigenvalue weighted by Gasteiger charge is 2.24. The number of anilines is 1. The Bertz CT molecular complexity index is 757. The summed E-state index contributed by atoms with van der Waals surface area (Å²) in [5.41, 5.74) is 0.725. The van der Waals surface area contributed by atoms with Gasteiger partial charge in [-0.05, 0) is 31.2 Å². The molecular weight excluding hydrogens is 344 g/mol. The van der Waals surface area contributed by atoms with Crippen LogP contribution in [0.5, 0.6) is 17.2 Å². The first kappa shape index (κ1) is 18.9. The van der Waals surface area contributed by atoms with Gasteiger partial charge in [0.1, 0.15) is 11.9 Å². The molecule has 1 aliphatic rings. The number of nitrogens with zero attached hydrogens (tertiary/aromatic N) is 1. The molecule has 0 unspecified atom stereocenters. The second-order valence-corrected chi connectivity index (χ2v) is 6.35. The van der Waals surface area contributed by atoms with E-state index in [1.807, 2.05) is 54.3 Å². The molecule has 27 heavy (non-hydrogen) atoms. The van der Waals surface area contributed by atoms with E-state index in [9.17, 15) is 4.79 Å². The van der Waals surface area contributed by atoms with Crippen molar-refractivity contribution >= 4 is 11.7 Å². The van der Waals surface area contributed by atoms with Crippen molar-refractivity contribution < 1.29 is 19.0 Å². The van der Waals surface area contributed by atoms with Crippen LogP contribution in [0.2, 0.25) is 0 Å². The molecule has 144 valence electrons. The van der Waals surface area contributed by atoms with Crippen molar-refractivity contribution in [1.82, 2.24) is 4.90 Å². The second kappa shape index (κ2) is 9.16. The lowest BCUT2D eigenvalue weighted by molar-refractivity contribution is 0.112. The number of likely N-dealkylation sites (tertiary alicyclic amines) is 1. The third-order valence-electron chi connectivity index (χ3n) is 4.49. The maximum atomic E-state index is 12.5. The van der Waals surface area contributed by atoms with Crippen LogP contribution in [0.4, 0.5) is 10.5 Å². The third-order valence-corrected chi connectivity index (χ3v) is 4.49. The van der Waals surface area contributed by atoms with Gasteiger partial charge in [0.2, 0.25) is 0 Å². The monoisotopic (exact) mass is 370 g/mol. The zero-order valence-electron chi connectivity index (χ0n) is 15.8. The number of carbonyl (C=O) groups is 1. The highest BCUT2D eigenvalue weighted by Crippen LogP contribution is 2.29. The molecule has 6 heteroatoms. The molecular formula is C21H26N2O4. The molecule has 0 atom stereocenters. The summed E-state index contributed by atoms with van der Waals surface area (Å²) >= 11 is 0. The van der Waals surface area contributed by atoms with Crippen LogP contribution in [0.25, 0.3) is 0 Å². The lowest BCUT2D eigenvalue weighted by atomic mass is 10.1. The van der Waals surface area contributed by atoms with Gasteiger partial charge in [-0.15, -0.1) is 0 Å². The van der Waals surface area contributed by atoms with E-state index in [0.29, 0.717) is 25.4 Å². The number of piperidine rings is 1. The van der Waals surface area contributed by atoms with Crippen molar-refractivity contribution in [2.24, 2.45) is 0 Å². The average Bonchev–Trinajstić information content (AvgIpc) is 2.70. The molecule has 0 radical (unpaired) electrons. The lowest BCUT2D eigenvalue weighted by Crippen LogP contribution is -2.43. The van der Waals surface area contributed by atoms with Crippen LogP contribution < -0.4 is 19.5 Å². The van der Waals surface area contributed by atoms with Crippen LogP contribution in [-0.2, 0) is 0 Å². The predicted octanol–water partition coefficient (Wildman–Crippen LogP) is 4.17. The van der Waals surface area contributed by atoms with Gasteiger partial charge in [-0.25, -0.2) is 4.79 Å². The van der Waals surface area contributed by atoms with Crippen LogP contribution in [0.1, 0.15) is 19.8 Å². The average molecular weight is 370 g/mol. The Hall–Kier alpha value is -2.89. The molecule has 1 saturated heterocycles. The molecule has 1 N–H and O–H groups in total. The minimum Gasteiger partial charge on any atom is -0.497 e. The van der Waals surface area contributed by atoms with Crippen molar-refractivity contribution in [2.45, 2.75) is 25.9 Å². The molecule has 1 heterocycles. The molecule has 2 aromatic rings. The van der Waals surface area contributed by atoms with E-state index < -0.39 is 0 Å². The number of rotatable bonds is 6. The minimum absolute atomic E-state index is 0.0764. The van der Waals surface area contributed by atoms with Crippen molar-refractivity contribution in [3.63, 3.8) is 0 Å². The summed E-state index contributed by atoms with van der Waals surface area (Å²) in [6.45, 7) is 3.86. The first-order chi connectivity index (χ1) is 13.2. The van der Waals surface area contributed by atoms with E-state index in [2.05, 4.69) is 5.32 Å². The Balaban J connectivity index is 1.52. The van der Waals surface area contributed by atoms with Gasteiger partial charge in [0.25, 0.3) is 0 Å². The summed E-state index contributed by atoms with van der Waals surface area (Å²) in [5, 5.41) is 2.92. The van der Waals surface area contributed by atoms with E-state index in [0.717, 1.165) is 30.0 Å². The Morgan fingerprint density at radius 2 is 1.85 bits per heavy atom. The Kier molecular flexibility index (Phi) is 6.41. The normalized spacial score (nSPS) is 14.5. The van der Waals surface area contributed by atoms with Crippen LogP contribution in [0.15, 0.2) is 48.5 Å². The zero-order valence-corrected chi connectivity index (χ0v) is 15.8. The molecule has 1 fully saturated rings. The molecule has 0 aromatic heterocycles. The van der Waals surface area contributed by atoms with Crippen molar-refractivity contribution in [3.05, 3.63) is 48.5 Å². The fourth-order valence-electron chi connectivity index (χ4n) is 3.08. The summed E-state index contributed by atoms with van der Waals surface area (Å²) < 4.78 is 16.9. The minimum atomic E-state index is -0.101. The van der Waals surface area contributed by atoms with Gasteiger partial charge in [0.05, 0.1) is 13.7 Å². The van der Waals surface area contributed by atoms with Crippen LogP contribution in [0, 0.1) is 0 Å². The molecule has 0 bridgehead atoms. The van der Waals surface area contributed by atoms with Gasteiger partial charge in [-0.1, -0.05) is 18.2 Å². The van der Waals surface area contributed by atoms with Gasteiger partial charge in [0.15, 0.2) is 11.5 Å². The quantitative estimate of drug-likeness (QED) is 0.829. The van der Waals surface area contributed by atoms with E-state index in [1.165, 1.54) is 0 Å². The third kappa shape index (κ3) is 5.06. The standard InChI is InChI=1S/C21H26N2O4/c1-3-26-19-9-4-5-10-20(19)27-17-11-13-23(14-12-17)21(24)22-16-7-6-8-18(15-16)25-2/h4-10,15,17H,3,11-14H2,1-2H3,(H,22,24). The topological polar surface area (TPSA) is 60.0 Å². The number of para-hydroxylation sites is 2. The number of methoxy groups -OCH3 is 1. The van der Waals surface area contributed by atoms with Gasteiger partial charge in [-0.3, -0.25) is 0 Å². The van der Waals surface area contributed by atoms with Crippen molar-refractivity contribution in [3.8, 4) is 17.2 Å². The zero-order chi connectivity index (χ0) is 19.1. The lowest BCUT2D eigenvalue weighted by Gasteiger charge is -2.32. The Morgan fingerprint density at radius 1 is 1.11 bits per heavy atom. The van der Waals surface area contributed by atoms with Crippen LogP contribution in [0.3, 0.4) is 0 Å². The summed E-state index contributed by atoms with van der Waals surface area (Å²) in [7, 11) is 1.61. The van der Waals surface area contributed by atoms with Gasteiger partial charge >= 0.3 is 6.03 Å². The number of urea groups is 1. The SMILES string of the molecule is CCOc1ccccc1OC1CCN(C(=O)Nc2cccc(OC)c2)CC1. The summed E-state index contributed by atoms with van der Waals surface area (Å²) in [6.07, 6.45) is 1.64. The number of ether oxygens (including phenoxy) is 3. The molecule has 0 saturated carbocycles. The number of carbonyl (C=O) groups excluding carboxylic acids is 1. The van der Waals surface area contributed by atoms with Crippen LogP contribution >= 0.6 is 0 Å². The molecule has 1 aliphatic heterocycles. The van der Waals surface area contributed by atoms with E-state index in [4.69, 9.17) is 14.2 Å². The van der Waals surface area contributed by atoms with E-state index in [1.54, 1.807) is 13.2 Å². The van der Waals surface area contributed by atoms with Crippen molar-refractivity contribution in [1.29, 1.82) is 0 Å². The first-order valence-electron chi connectivity index (χ1n) is 9.28. The number of hydrogen-bond donors (Lipinski definition) is 1. The second-order valence-electron chi connectivity index (χ2n) is 6.35. The highest BCUT2D eigenvalue weighted by atomic mass is 16.5. The molecule has 0 aliphatic carbocycles. The maximum Gasteiger partial charge on any atom is 0.321 e. The molecule has 3 rings (SSSR count). The fourth-order valence-corrected chi connectivity index (χ4v) is 3.08. The number of hydrogen-bond acceptors (Lipinski definition) is 4. The predicted molar refractivity (Wildman–Crippen MR) is 105 cm³/mol. The van der Waals surface area contributed by atoms with Crippen molar-refractivity contribution in [2.75, 3.05) is 32.1 Å². The molecule has 2 amide bonds. The molecule has 2 aromatic carbocycles. The van der Waals surface area contributed by atoms with Gasteiger partial charge in [0, 0.05) is 37.7 Å². The van der Waals surface area contributed by atoms with Crippen LogP contribution in [-0.4, -0.2) is 43.8 Å². The Labute approximate surface area is 160 Å². The van der Waals surface area contributed by atoms with E-state index >= 15 is 0 Å². The maximum absolute atomic E-state index is 12.5. The number of benzene rings is 2. The molecule has 0 spiro atoms. The smallest absolute Gasteiger partial charge is 0.321 e. The summed E-state index contributed by atoms with van der Waals surface area (Å²) in [4.78, 5) is 14.3. The highest BCUT2D eigenvalue weighted by molar-refractivity contribution is 5.89. The van der Waals surface area contributed by atoms with E-state index in [-0.39, 0.29) is 12.1 Å². The fraction of sp³-hybridized carbons (Fsp3) is 0.381. The largest absolute Gasteiger partial charge is 0.497 e. The summed E-state index contributed by atoms with van der Waals surface area (Å²) in [6, 6.07) is 15.0. The van der Waals surface area contributed by atoms with Gasteiger partial charge < -0.3 is 24.4 Å². The Morgan fingerprint density at radius 3 is 2.56 bits per heavy atom. The van der Waals surface area contributed by atoms with Gasteiger partial charge in [-0.2, -0.15) is 0 Å².